The van der Waals surface area contributed by atoms with Gasteiger partial charge in [-0.2, -0.15) is 5.10 Å². The molecule has 2 atom stereocenters. The Balaban J connectivity index is 1.56. The van der Waals surface area contributed by atoms with Crippen LogP contribution in [-0.2, 0) is 17.4 Å². The van der Waals surface area contributed by atoms with Crippen molar-refractivity contribution in [1.29, 1.82) is 0 Å². The molecule has 138 valence electrons. The molecule has 0 bridgehead atoms. The zero-order valence-corrected chi connectivity index (χ0v) is 15.0. The topological polar surface area (TPSA) is 59.0 Å². The first-order valence-electron chi connectivity index (χ1n) is 9.35. The number of rotatable bonds is 4. The first-order chi connectivity index (χ1) is 12.6. The number of carbonyl (C=O) groups is 1. The molecule has 0 radical (unpaired) electrons. The van der Waals surface area contributed by atoms with Gasteiger partial charge in [-0.15, -0.1) is 0 Å². The number of nitrogens with zero attached hydrogens (tertiary/aromatic N) is 2. The van der Waals surface area contributed by atoms with Crippen LogP contribution in [0, 0.1) is 11.7 Å². The molecular weight excluding hydrogens is 331 g/mol. The molecular formula is C20H25FN4O. The molecule has 0 spiro atoms. The number of hydrogen-bond donors (Lipinski definition) is 2. The summed E-state index contributed by atoms with van der Waals surface area (Å²) in [6.45, 7) is 1.46. The largest absolute Gasteiger partial charge is 0.346 e. The van der Waals surface area contributed by atoms with Gasteiger partial charge in [0.05, 0.1) is 17.7 Å². The van der Waals surface area contributed by atoms with E-state index < -0.39 is 0 Å². The zero-order valence-electron chi connectivity index (χ0n) is 15.0. The summed E-state index contributed by atoms with van der Waals surface area (Å²) >= 11 is 0. The van der Waals surface area contributed by atoms with Crippen LogP contribution < -0.4 is 10.6 Å². The Kier molecular flexibility index (Phi) is 4.53. The van der Waals surface area contributed by atoms with Crippen molar-refractivity contribution in [3.05, 3.63) is 53.6 Å². The normalized spacial score (nSPS) is 24.7. The van der Waals surface area contributed by atoms with Crippen molar-refractivity contribution in [1.82, 2.24) is 20.4 Å². The van der Waals surface area contributed by atoms with E-state index in [1.165, 1.54) is 12.1 Å². The Hall–Kier alpha value is -2.21. The number of aryl methyl sites for hydroxylation is 1. The average Bonchev–Trinajstić information content (AvgIpc) is 3.35. The molecule has 1 aromatic heterocycles. The highest BCUT2D eigenvalue weighted by Gasteiger charge is 2.41. The summed E-state index contributed by atoms with van der Waals surface area (Å²) in [7, 11) is 1.89. The lowest BCUT2D eigenvalue weighted by molar-refractivity contribution is -0.127. The third-order valence-electron chi connectivity index (χ3n) is 5.92. The molecule has 1 saturated heterocycles. The van der Waals surface area contributed by atoms with Crippen LogP contribution in [-0.4, -0.2) is 28.8 Å². The summed E-state index contributed by atoms with van der Waals surface area (Å²) in [5, 5.41) is 10.9. The fourth-order valence-corrected chi connectivity index (χ4v) is 4.50. The molecule has 2 aliphatic rings. The number of hydrogen-bond acceptors (Lipinski definition) is 3. The number of carbonyl (C=O) groups excluding carboxylic acids is 1. The van der Waals surface area contributed by atoms with E-state index in [0.29, 0.717) is 6.54 Å². The summed E-state index contributed by atoms with van der Waals surface area (Å²) in [6.07, 6.45) is 7.80. The SMILES string of the molecule is Cn1cc([C@H]2CNC[C@@H]2C(=O)NC2(c3ccc(F)cc3)CCCC2)cn1. The molecule has 0 unspecified atom stereocenters. The van der Waals surface area contributed by atoms with Crippen LogP contribution in [0.5, 0.6) is 0 Å². The molecule has 1 aliphatic heterocycles. The predicted octanol–water partition coefficient (Wildman–Crippen LogP) is 2.45. The summed E-state index contributed by atoms with van der Waals surface area (Å²) in [5.41, 5.74) is 1.74. The van der Waals surface area contributed by atoms with Gasteiger partial charge in [-0.25, -0.2) is 4.39 Å². The van der Waals surface area contributed by atoms with Crippen molar-refractivity contribution < 1.29 is 9.18 Å². The molecule has 1 aromatic carbocycles. The van der Waals surface area contributed by atoms with E-state index in [-0.39, 0.29) is 29.1 Å². The Morgan fingerprint density at radius 1 is 1.27 bits per heavy atom. The Morgan fingerprint density at radius 3 is 2.65 bits per heavy atom. The van der Waals surface area contributed by atoms with Gasteiger partial charge in [0.1, 0.15) is 5.82 Å². The van der Waals surface area contributed by atoms with E-state index in [4.69, 9.17) is 0 Å². The standard InChI is InChI=1S/C20H25FN4O/c1-25-13-14(10-23-25)17-11-22-12-18(17)19(26)24-20(8-2-3-9-20)15-4-6-16(21)7-5-15/h4-7,10,13,17-18,22H,2-3,8-9,11-12H2,1H3,(H,24,26)/t17-,18+/m1/s1. The third kappa shape index (κ3) is 3.14. The second-order valence-electron chi connectivity index (χ2n) is 7.60. The number of halogens is 1. The number of aromatic nitrogens is 2. The van der Waals surface area contributed by atoms with Crippen LogP contribution in [0.15, 0.2) is 36.7 Å². The number of nitrogens with one attached hydrogen (secondary N) is 2. The van der Waals surface area contributed by atoms with Crippen molar-refractivity contribution in [2.75, 3.05) is 13.1 Å². The molecule has 26 heavy (non-hydrogen) atoms. The maximum Gasteiger partial charge on any atom is 0.225 e. The van der Waals surface area contributed by atoms with E-state index in [1.54, 1.807) is 4.68 Å². The van der Waals surface area contributed by atoms with E-state index in [2.05, 4.69) is 15.7 Å². The molecule has 1 saturated carbocycles. The van der Waals surface area contributed by atoms with Crippen molar-refractivity contribution in [3.8, 4) is 0 Å². The van der Waals surface area contributed by atoms with Gasteiger partial charge >= 0.3 is 0 Å². The van der Waals surface area contributed by atoms with Crippen LogP contribution in [0.3, 0.4) is 0 Å². The average molecular weight is 356 g/mol. The second-order valence-corrected chi connectivity index (χ2v) is 7.60. The molecule has 2 fully saturated rings. The summed E-state index contributed by atoms with van der Waals surface area (Å²) in [5.74, 6) is -0.146. The Bertz CT molecular complexity index is 779. The molecule has 5 nitrogen and oxygen atoms in total. The van der Waals surface area contributed by atoms with Crippen LogP contribution in [0.25, 0.3) is 0 Å². The van der Waals surface area contributed by atoms with Crippen molar-refractivity contribution in [2.24, 2.45) is 13.0 Å². The molecule has 1 amide bonds. The minimum Gasteiger partial charge on any atom is -0.346 e. The zero-order chi connectivity index (χ0) is 18.1. The van der Waals surface area contributed by atoms with E-state index in [9.17, 15) is 9.18 Å². The lowest BCUT2D eigenvalue weighted by Crippen LogP contribution is -2.47. The fourth-order valence-electron chi connectivity index (χ4n) is 4.50. The van der Waals surface area contributed by atoms with E-state index in [0.717, 1.165) is 43.4 Å². The quantitative estimate of drug-likeness (QED) is 0.885. The van der Waals surface area contributed by atoms with E-state index in [1.807, 2.05) is 31.6 Å². The van der Waals surface area contributed by atoms with Crippen LogP contribution in [0.4, 0.5) is 4.39 Å². The highest BCUT2D eigenvalue weighted by Crippen LogP contribution is 2.40. The number of benzene rings is 1. The van der Waals surface area contributed by atoms with Crippen molar-refractivity contribution in [3.63, 3.8) is 0 Å². The van der Waals surface area contributed by atoms with Crippen molar-refractivity contribution >= 4 is 5.91 Å². The predicted molar refractivity (Wildman–Crippen MR) is 97.0 cm³/mol. The maximum absolute atomic E-state index is 13.3. The molecule has 4 rings (SSSR count). The van der Waals surface area contributed by atoms with Gasteiger partial charge in [-0.1, -0.05) is 25.0 Å². The second kappa shape index (κ2) is 6.83. The Morgan fingerprint density at radius 2 is 2.00 bits per heavy atom. The van der Waals surface area contributed by atoms with Gasteiger partial charge in [0.2, 0.25) is 5.91 Å². The van der Waals surface area contributed by atoms with Gasteiger partial charge in [-0.3, -0.25) is 9.48 Å². The maximum atomic E-state index is 13.3. The molecule has 6 heteroatoms. The molecule has 2 heterocycles. The van der Waals surface area contributed by atoms with Gasteiger partial charge in [0.25, 0.3) is 0 Å². The highest BCUT2D eigenvalue weighted by molar-refractivity contribution is 5.81. The summed E-state index contributed by atoms with van der Waals surface area (Å²) in [4.78, 5) is 13.2. The lowest BCUT2D eigenvalue weighted by Gasteiger charge is -2.33. The number of amides is 1. The first-order valence-corrected chi connectivity index (χ1v) is 9.35. The summed E-state index contributed by atoms with van der Waals surface area (Å²) < 4.78 is 15.1. The molecule has 2 N–H and O–H groups in total. The van der Waals surface area contributed by atoms with Crippen LogP contribution >= 0.6 is 0 Å². The van der Waals surface area contributed by atoms with Gasteiger partial charge in [-0.05, 0) is 36.1 Å². The minimum absolute atomic E-state index is 0.0788. The first kappa shape index (κ1) is 17.2. The van der Waals surface area contributed by atoms with Crippen LogP contribution in [0.2, 0.25) is 0 Å². The van der Waals surface area contributed by atoms with Gasteiger partial charge in [0.15, 0.2) is 0 Å². The van der Waals surface area contributed by atoms with Crippen LogP contribution in [0.1, 0.15) is 42.7 Å². The molecule has 1 aliphatic carbocycles. The Labute approximate surface area is 153 Å². The smallest absolute Gasteiger partial charge is 0.225 e. The van der Waals surface area contributed by atoms with Gasteiger partial charge in [0, 0.05) is 32.3 Å². The fraction of sp³-hybridized carbons (Fsp3) is 0.500. The highest BCUT2D eigenvalue weighted by atomic mass is 19.1. The van der Waals surface area contributed by atoms with Crippen molar-refractivity contribution in [2.45, 2.75) is 37.1 Å². The third-order valence-corrected chi connectivity index (χ3v) is 5.92. The monoisotopic (exact) mass is 356 g/mol. The minimum atomic E-state index is -0.368. The van der Waals surface area contributed by atoms with Gasteiger partial charge < -0.3 is 10.6 Å². The van der Waals surface area contributed by atoms with E-state index >= 15 is 0 Å². The molecule has 2 aromatic rings. The lowest BCUT2D eigenvalue weighted by atomic mass is 9.85. The summed E-state index contributed by atoms with van der Waals surface area (Å²) in [6, 6.07) is 6.59.